The van der Waals surface area contributed by atoms with Crippen LogP contribution in [0.2, 0.25) is 5.15 Å². The third-order valence-corrected chi connectivity index (χ3v) is 2.35. The maximum Gasteiger partial charge on any atom is 0.233 e. The molecule has 0 radical (unpaired) electrons. The number of rotatable bonds is 4. The molecule has 5 heteroatoms. The highest BCUT2D eigenvalue weighted by atomic mass is 35.5. The molecule has 1 heterocycles. The monoisotopic (exact) mass is 250 g/mol. The highest BCUT2D eigenvalue weighted by molar-refractivity contribution is 6.29. The number of ether oxygens (including phenoxy) is 2. The fourth-order valence-corrected chi connectivity index (χ4v) is 1.36. The highest BCUT2D eigenvalue weighted by Crippen LogP contribution is 2.14. The van der Waals surface area contributed by atoms with Crippen molar-refractivity contribution in [2.45, 2.75) is 6.61 Å². The average Bonchev–Trinajstić information content (AvgIpc) is 2.39. The van der Waals surface area contributed by atoms with Gasteiger partial charge in [-0.05, 0) is 23.8 Å². The van der Waals surface area contributed by atoms with Crippen LogP contribution in [0.3, 0.4) is 0 Å². The minimum Gasteiger partial charge on any atom is -0.497 e. The Bertz CT molecular complexity index is 471. The summed E-state index contributed by atoms with van der Waals surface area (Å²) in [5, 5.41) is 7.84. The van der Waals surface area contributed by atoms with Crippen molar-refractivity contribution < 1.29 is 9.47 Å². The van der Waals surface area contributed by atoms with E-state index in [-0.39, 0.29) is 0 Å². The van der Waals surface area contributed by atoms with Gasteiger partial charge in [-0.2, -0.15) is 0 Å². The zero-order chi connectivity index (χ0) is 12.1. The van der Waals surface area contributed by atoms with Gasteiger partial charge in [-0.1, -0.05) is 23.7 Å². The van der Waals surface area contributed by atoms with Gasteiger partial charge >= 0.3 is 0 Å². The zero-order valence-electron chi connectivity index (χ0n) is 9.26. The van der Waals surface area contributed by atoms with E-state index in [0.717, 1.165) is 11.3 Å². The van der Waals surface area contributed by atoms with Gasteiger partial charge in [0.15, 0.2) is 5.15 Å². The molecule has 0 saturated carbocycles. The highest BCUT2D eigenvalue weighted by Gasteiger charge is 1.99. The Balaban J connectivity index is 1.95. The van der Waals surface area contributed by atoms with Crippen molar-refractivity contribution in [1.29, 1.82) is 0 Å². The lowest BCUT2D eigenvalue weighted by Gasteiger charge is -2.05. The largest absolute Gasteiger partial charge is 0.497 e. The SMILES string of the molecule is COc1ccc(COc2ccc(Cl)nn2)cc1. The quantitative estimate of drug-likeness (QED) is 0.837. The predicted molar refractivity (Wildman–Crippen MR) is 64.4 cm³/mol. The maximum absolute atomic E-state index is 5.62. The molecule has 0 bridgehead atoms. The number of halogens is 1. The molecule has 0 atom stereocenters. The van der Waals surface area contributed by atoms with Crippen LogP contribution >= 0.6 is 11.6 Å². The van der Waals surface area contributed by atoms with Crippen molar-refractivity contribution in [2.24, 2.45) is 0 Å². The summed E-state index contributed by atoms with van der Waals surface area (Å²) in [7, 11) is 1.63. The molecule has 0 aliphatic carbocycles. The van der Waals surface area contributed by atoms with Crippen LogP contribution in [0.1, 0.15) is 5.56 Å². The first kappa shape index (κ1) is 11.7. The van der Waals surface area contributed by atoms with E-state index in [9.17, 15) is 0 Å². The van der Waals surface area contributed by atoms with E-state index in [1.807, 2.05) is 24.3 Å². The first-order valence-corrected chi connectivity index (χ1v) is 5.40. The molecular formula is C12H11ClN2O2. The molecule has 0 aliphatic heterocycles. The molecule has 0 unspecified atom stereocenters. The average molecular weight is 251 g/mol. The van der Waals surface area contributed by atoms with Crippen LogP contribution in [0.5, 0.6) is 11.6 Å². The summed E-state index contributed by atoms with van der Waals surface area (Å²) in [4.78, 5) is 0. The number of nitrogens with zero attached hydrogens (tertiary/aromatic N) is 2. The van der Waals surface area contributed by atoms with Crippen LogP contribution in [0.25, 0.3) is 0 Å². The van der Waals surface area contributed by atoms with Crippen molar-refractivity contribution in [1.82, 2.24) is 10.2 Å². The molecule has 17 heavy (non-hydrogen) atoms. The van der Waals surface area contributed by atoms with Gasteiger partial charge in [-0.15, -0.1) is 10.2 Å². The standard InChI is InChI=1S/C12H11ClN2O2/c1-16-10-4-2-9(3-5-10)8-17-12-7-6-11(13)14-15-12/h2-7H,8H2,1H3. The van der Waals surface area contributed by atoms with Gasteiger partial charge in [0.1, 0.15) is 12.4 Å². The van der Waals surface area contributed by atoms with Crippen molar-refractivity contribution in [2.75, 3.05) is 7.11 Å². The molecule has 88 valence electrons. The summed E-state index contributed by atoms with van der Waals surface area (Å²) in [5.41, 5.74) is 1.03. The lowest BCUT2D eigenvalue weighted by Crippen LogP contribution is -1.98. The Morgan fingerprint density at radius 1 is 1.06 bits per heavy atom. The van der Waals surface area contributed by atoms with Crippen molar-refractivity contribution in [3.63, 3.8) is 0 Å². The third-order valence-electron chi connectivity index (χ3n) is 2.15. The lowest BCUT2D eigenvalue weighted by molar-refractivity contribution is 0.290. The van der Waals surface area contributed by atoms with Crippen LogP contribution in [-0.2, 0) is 6.61 Å². The summed E-state index contributed by atoms with van der Waals surface area (Å²) < 4.78 is 10.5. The van der Waals surface area contributed by atoms with E-state index < -0.39 is 0 Å². The number of hydrogen-bond donors (Lipinski definition) is 0. The second-order valence-corrected chi connectivity index (χ2v) is 3.72. The first-order chi connectivity index (χ1) is 8.28. The van der Waals surface area contributed by atoms with Crippen LogP contribution in [0, 0.1) is 0 Å². The molecule has 2 rings (SSSR count). The van der Waals surface area contributed by atoms with E-state index in [4.69, 9.17) is 21.1 Å². The maximum atomic E-state index is 5.62. The normalized spacial score (nSPS) is 10.0. The predicted octanol–water partition coefficient (Wildman–Crippen LogP) is 2.72. The van der Waals surface area contributed by atoms with Gasteiger partial charge < -0.3 is 9.47 Å². The summed E-state index contributed by atoms with van der Waals surface area (Å²) in [6.45, 7) is 0.431. The van der Waals surface area contributed by atoms with Gasteiger partial charge in [0, 0.05) is 6.07 Å². The fraction of sp³-hybridized carbons (Fsp3) is 0.167. The van der Waals surface area contributed by atoms with E-state index in [2.05, 4.69) is 10.2 Å². The van der Waals surface area contributed by atoms with Gasteiger partial charge in [0.2, 0.25) is 5.88 Å². The van der Waals surface area contributed by atoms with Crippen LogP contribution in [-0.4, -0.2) is 17.3 Å². The van der Waals surface area contributed by atoms with Crippen molar-refractivity contribution >= 4 is 11.6 Å². The topological polar surface area (TPSA) is 44.2 Å². The Morgan fingerprint density at radius 2 is 1.82 bits per heavy atom. The van der Waals surface area contributed by atoms with Gasteiger partial charge in [-0.3, -0.25) is 0 Å². The minimum absolute atomic E-state index is 0.349. The lowest BCUT2D eigenvalue weighted by atomic mass is 10.2. The molecular weight excluding hydrogens is 240 g/mol. The van der Waals surface area contributed by atoms with Crippen LogP contribution < -0.4 is 9.47 Å². The third kappa shape index (κ3) is 3.32. The molecule has 0 fully saturated rings. The molecule has 0 spiro atoms. The number of aromatic nitrogens is 2. The van der Waals surface area contributed by atoms with Gasteiger partial charge in [0.25, 0.3) is 0 Å². The second kappa shape index (κ2) is 5.50. The Labute approximate surface area is 104 Å². The van der Waals surface area contributed by atoms with Gasteiger partial charge in [0.05, 0.1) is 7.11 Å². The zero-order valence-corrected chi connectivity index (χ0v) is 10.0. The fourth-order valence-electron chi connectivity index (χ4n) is 1.26. The van der Waals surface area contributed by atoms with E-state index in [1.165, 1.54) is 0 Å². The Hall–Kier alpha value is -1.81. The molecule has 0 amide bonds. The minimum atomic E-state index is 0.349. The Morgan fingerprint density at radius 3 is 2.41 bits per heavy atom. The van der Waals surface area contributed by atoms with E-state index in [1.54, 1.807) is 19.2 Å². The smallest absolute Gasteiger partial charge is 0.233 e. The number of methoxy groups -OCH3 is 1. The van der Waals surface area contributed by atoms with Crippen molar-refractivity contribution in [3.8, 4) is 11.6 Å². The van der Waals surface area contributed by atoms with Gasteiger partial charge in [-0.25, -0.2) is 0 Å². The summed E-state index contributed by atoms with van der Waals surface area (Å²) >= 11 is 5.62. The molecule has 2 aromatic rings. The van der Waals surface area contributed by atoms with Crippen molar-refractivity contribution in [3.05, 3.63) is 47.1 Å². The first-order valence-electron chi connectivity index (χ1n) is 5.03. The molecule has 0 aliphatic rings. The second-order valence-electron chi connectivity index (χ2n) is 3.33. The molecule has 1 aromatic carbocycles. The number of hydrogen-bond acceptors (Lipinski definition) is 4. The number of benzene rings is 1. The summed E-state index contributed by atoms with van der Waals surface area (Å²) in [6, 6.07) is 10.9. The molecule has 0 N–H and O–H groups in total. The van der Waals surface area contributed by atoms with E-state index >= 15 is 0 Å². The molecule has 0 saturated heterocycles. The Kier molecular flexibility index (Phi) is 3.77. The van der Waals surface area contributed by atoms with Crippen LogP contribution in [0.4, 0.5) is 0 Å². The van der Waals surface area contributed by atoms with E-state index in [0.29, 0.717) is 17.6 Å². The van der Waals surface area contributed by atoms with Crippen LogP contribution in [0.15, 0.2) is 36.4 Å². The molecule has 4 nitrogen and oxygen atoms in total. The molecule has 1 aromatic heterocycles. The summed E-state index contributed by atoms with van der Waals surface area (Å²) in [6.07, 6.45) is 0. The summed E-state index contributed by atoms with van der Waals surface area (Å²) in [5.74, 6) is 1.27.